The molecule has 1 aliphatic rings. The highest BCUT2D eigenvalue weighted by atomic mass is 16.5. The van der Waals surface area contributed by atoms with Gasteiger partial charge in [-0.1, -0.05) is 0 Å². The Labute approximate surface area is 99.2 Å². The highest BCUT2D eigenvalue weighted by molar-refractivity contribution is 4.75. The molecule has 1 fully saturated rings. The molecule has 0 saturated carbocycles. The van der Waals surface area contributed by atoms with E-state index in [1.54, 1.807) is 0 Å². The maximum atomic E-state index is 9.73. The predicted octanol–water partition coefficient (Wildman–Crippen LogP) is 0.410. The lowest BCUT2D eigenvalue weighted by Crippen LogP contribution is -2.50. The van der Waals surface area contributed by atoms with Gasteiger partial charge in [-0.05, 0) is 20.8 Å². The van der Waals surface area contributed by atoms with Crippen LogP contribution < -0.4 is 0 Å². The first-order valence-electron chi connectivity index (χ1n) is 6.35. The number of rotatable bonds is 6. The number of hydrogen-bond acceptors (Lipinski definition) is 4. The average Bonchev–Trinajstić information content (AvgIpc) is 2.27. The monoisotopic (exact) mass is 230 g/mol. The maximum absolute atomic E-state index is 9.73. The second-order valence-corrected chi connectivity index (χ2v) is 4.74. The van der Waals surface area contributed by atoms with Crippen molar-refractivity contribution in [3.63, 3.8) is 0 Å². The molecule has 0 spiro atoms. The highest BCUT2D eigenvalue weighted by Gasteiger charge is 2.20. The largest absolute Gasteiger partial charge is 0.389 e. The zero-order valence-corrected chi connectivity index (χ0v) is 10.9. The van der Waals surface area contributed by atoms with Crippen LogP contribution >= 0.6 is 0 Å². The summed E-state index contributed by atoms with van der Waals surface area (Å²) >= 11 is 0. The van der Waals surface area contributed by atoms with E-state index in [9.17, 15) is 5.11 Å². The second kappa shape index (κ2) is 7.22. The third kappa shape index (κ3) is 4.78. The molecule has 0 aromatic carbocycles. The minimum absolute atomic E-state index is 0.342. The number of β-amino-alcohol motifs (C(OH)–C–C–N with tert-alkyl or cyclic N) is 1. The van der Waals surface area contributed by atoms with Gasteiger partial charge in [0.05, 0.1) is 12.7 Å². The van der Waals surface area contributed by atoms with Crippen molar-refractivity contribution in [2.75, 3.05) is 45.9 Å². The summed E-state index contributed by atoms with van der Waals surface area (Å²) in [5, 5.41) is 9.73. The van der Waals surface area contributed by atoms with Gasteiger partial charge in [0.15, 0.2) is 0 Å². The van der Waals surface area contributed by atoms with Gasteiger partial charge in [-0.15, -0.1) is 0 Å². The van der Waals surface area contributed by atoms with E-state index < -0.39 is 0 Å². The molecule has 4 heteroatoms. The molecule has 4 nitrogen and oxygen atoms in total. The van der Waals surface area contributed by atoms with Gasteiger partial charge in [0, 0.05) is 45.4 Å². The Morgan fingerprint density at radius 2 is 1.81 bits per heavy atom. The summed E-state index contributed by atoms with van der Waals surface area (Å²) in [7, 11) is 0. The summed E-state index contributed by atoms with van der Waals surface area (Å²) in [6.07, 6.45) is -0.342. The van der Waals surface area contributed by atoms with Crippen molar-refractivity contribution in [2.24, 2.45) is 0 Å². The van der Waals surface area contributed by atoms with Gasteiger partial charge in [0.25, 0.3) is 0 Å². The molecular formula is C12H26N2O2. The van der Waals surface area contributed by atoms with Crippen LogP contribution in [0.15, 0.2) is 0 Å². The normalized spacial score (nSPS) is 21.6. The number of aliphatic hydroxyl groups is 1. The minimum atomic E-state index is -0.342. The summed E-state index contributed by atoms with van der Waals surface area (Å²) in [5.74, 6) is 0. The van der Waals surface area contributed by atoms with Crippen LogP contribution in [0.3, 0.4) is 0 Å². The molecule has 1 aliphatic heterocycles. The lowest BCUT2D eigenvalue weighted by atomic mass is 10.2. The van der Waals surface area contributed by atoms with Gasteiger partial charge in [0.1, 0.15) is 0 Å². The number of nitrogens with zero attached hydrogens (tertiary/aromatic N) is 2. The number of ether oxygens (including phenoxy) is 1. The van der Waals surface area contributed by atoms with Crippen LogP contribution in [0.1, 0.15) is 20.8 Å². The molecule has 1 atom stereocenters. The molecule has 1 rings (SSSR count). The zero-order chi connectivity index (χ0) is 12.0. The smallest absolute Gasteiger partial charge is 0.0900 e. The molecule has 0 aromatic rings. The highest BCUT2D eigenvalue weighted by Crippen LogP contribution is 2.06. The summed E-state index contributed by atoms with van der Waals surface area (Å²) in [6, 6.07) is 0.635. The van der Waals surface area contributed by atoms with Crippen LogP contribution in [0.4, 0.5) is 0 Å². The third-order valence-corrected chi connectivity index (χ3v) is 3.12. The Bertz CT molecular complexity index is 180. The standard InChI is InChI=1S/C12H26N2O2/c1-4-16-10-12(15)9-13-5-7-14(8-6-13)11(2)3/h11-12,15H,4-10H2,1-3H3/t12-/m1/s1. The van der Waals surface area contributed by atoms with Gasteiger partial charge in [0.2, 0.25) is 0 Å². The van der Waals surface area contributed by atoms with Crippen molar-refractivity contribution < 1.29 is 9.84 Å². The Hall–Kier alpha value is -0.160. The van der Waals surface area contributed by atoms with Gasteiger partial charge >= 0.3 is 0 Å². The first kappa shape index (κ1) is 13.9. The predicted molar refractivity (Wildman–Crippen MR) is 65.6 cm³/mol. The fraction of sp³-hybridized carbons (Fsp3) is 1.00. The van der Waals surface area contributed by atoms with Crippen LogP contribution in [0.2, 0.25) is 0 Å². The Kier molecular flexibility index (Phi) is 6.28. The van der Waals surface area contributed by atoms with Crippen LogP contribution in [0, 0.1) is 0 Å². The average molecular weight is 230 g/mol. The van der Waals surface area contributed by atoms with Crippen molar-refractivity contribution in [1.29, 1.82) is 0 Å². The first-order valence-corrected chi connectivity index (χ1v) is 6.35. The van der Waals surface area contributed by atoms with E-state index in [0.717, 1.165) is 32.7 Å². The van der Waals surface area contributed by atoms with Gasteiger partial charge in [-0.2, -0.15) is 0 Å². The van der Waals surface area contributed by atoms with Crippen molar-refractivity contribution >= 4 is 0 Å². The molecule has 0 aliphatic carbocycles. The van der Waals surface area contributed by atoms with E-state index >= 15 is 0 Å². The van der Waals surface area contributed by atoms with Crippen LogP contribution in [-0.4, -0.2) is 73.0 Å². The summed E-state index contributed by atoms with van der Waals surface area (Å²) in [5.41, 5.74) is 0. The van der Waals surface area contributed by atoms with Crippen LogP contribution in [0.5, 0.6) is 0 Å². The fourth-order valence-corrected chi connectivity index (χ4v) is 2.07. The van der Waals surface area contributed by atoms with Crippen LogP contribution in [0.25, 0.3) is 0 Å². The first-order chi connectivity index (χ1) is 7.63. The van der Waals surface area contributed by atoms with E-state index in [-0.39, 0.29) is 6.10 Å². The Morgan fingerprint density at radius 3 is 2.31 bits per heavy atom. The van der Waals surface area contributed by atoms with E-state index in [0.29, 0.717) is 19.3 Å². The fourth-order valence-electron chi connectivity index (χ4n) is 2.07. The van der Waals surface area contributed by atoms with E-state index in [4.69, 9.17) is 4.74 Å². The molecule has 0 amide bonds. The van der Waals surface area contributed by atoms with Gasteiger partial charge in [-0.3, -0.25) is 9.80 Å². The van der Waals surface area contributed by atoms with Crippen molar-refractivity contribution in [2.45, 2.75) is 32.9 Å². The molecule has 1 saturated heterocycles. The molecule has 16 heavy (non-hydrogen) atoms. The SMILES string of the molecule is CCOC[C@H](O)CN1CCN(C(C)C)CC1. The van der Waals surface area contributed by atoms with E-state index in [2.05, 4.69) is 23.6 Å². The number of hydrogen-bond donors (Lipinski definition) is 1. The number of piperazine rings is 1. The van der Waals surface area contributed by atoms with Crippen molar-refractivity contribution in [1.82, 2.24) is 9.80 Å². The Morgan fingerprint density at radius 1 is 1.19 bits per heavy atom. The molecule has 0 aromatic heterocycles. The lowest BCUT2D eigenvalue weighted by Gasteiger charge is -2.37. The lowest BCUT2D eigenvalue weighted by molar-refractivity contribution is 0.00813. The Balaban J connectivity index is 2.16. The number of aliphatic hydroxyl groups excluding tert-OH is 1. The summed E-state index contributed by atoms with van der Waals surface area (Å²) < 4.78 is 5.21. The molecule has 0 radical (unpaired) electrons. The molecule has 0 unspecified atom stereocenters. The molecule has 0 bridgehead atoms. The third-order valence-electron chi connectivity index (χ3n) is 3.12. The van der Waals surface area contributed by atoms with E-state index in [1.807, 2.05) is 6.92 Å². The second-order valence-electron chi connectivity index (χ2n) is 4.74. The quantitative estimate of drug-likeness (QED) is 0.717. The molecule has 96 valence electrons. The zero-order valence-electron chi connectivity index (χ0n) is 10.9. The molecular weight excluding hydrogens is 204 g/mol. The maximum Gasteiger partial charge on any atom is 0.0900 e. The molecule has 1 heterocycles. The molecule has 1 N–H and O–H groups in total. The van der Waals surface area contributed by atoms with Gasteiger partial charge < -0.3 is 9.84 Å². The van der Waals surface area contributed by atoms with Gasteiger partial charge in [-0.25, -0.2) is 0 Å². The van der Waals surface area contributed by atoms with E-state index in [1.165, 1.54) is 0 Å². The van der Waals surface area contributed by atoms with Crippen LogP contribution in [-0.2, 0) is 4.74 Å². The minimum Gasteiger partial charge on any atom is -0.389 e. The van der Waals surface area contributed by atoms with Crippen molar-refractivity contribution in [3.05, 3.63) is 0 Å². The summed E-state index contributed by atoms with van der Waals surface area (Å²) in [6.45, 7) is 12.6. The summed E-state index contributed by atoms with van der Waals surface area (Å²) in [4.78, 5) is 4.80. The topological polar surface area (TPSA) is 35.9 Å². The van der Waals surface area contributed by atoms with Crippen molar-refractivity contribution in [3.8, 4) is 0 Å².